The molecule has 0 aromatic heterocycles. The number of hydrogen-bond donors (Lipinski definition) is 2. The van der Waals surface area contributed by atoms with Crippen molar-refractivity contribution in [2.45, 2.75) is 44.2 Å². The third-order valence-corrected chi connectivity index (χ3v) is 2.80. The average Bonchev–Trinajstić information content (AvgIpc) is 2.26. The minimum Gasteiger partial charge on any atom is -0.361 e. The van der Waals surface area contributed by atoms with Gasteiger partial charge >= 0.3 is 0 Å². The predicted octanol–water partition coefficient (Wildman–Crippen LogP) is 1.53. The normalized spacial score (nSPS) is 21.6. The zero-order valence-corrected chi connectivity index (χ0v) is 13.1. The Morgan fingerprint density at radius 1 is 1.56 bits per heavy atom. The van der Waals surface area contributed by atoms with Gasteiger partial charge in [0.1, 0.15) is 0 Å². The fourth-order valence-electron chi connectivity index (χ4n) is 1.23. The fraction of sp³-hybridized carbons (Fsp3) is 0.833. The summed E-state index contributed by atoms with van der Waals surface area (Å²) in [7, 11) is 0. The lowest BCUT2D eigenvalue weighted by molar-refractivity contribution is -0.0162. The second-order valence-corrected chi connectivity index (χ2v) is 6.52. The van der Waals surface area contributed by atoms with E-state index in [9.17, 15) is 0 Å². The van der Waals surface area contributed by atoms with E-state index < -0.39 is 0 Å². The fourth-order valence-corrected chi connectivity index (χ4v) is 1.49. The van der Waals surface area contributed by atoms with Gasteiger partial charge in [0, 0.05) is 18.8 Å². The van der Waals surface area contributed by atoms with Crippen LogP contribution in [0.3, 0.4) is 0 Å². The van der Waals surface area contributed by atoms with Crippen molar-refractivity contribution in [1.29, 1.82) is 0 Å². The molecule has 0 radical (unpaired) electrons. The molecule has 1 rings (SSSR count). The highest BCUT2D eigenvalue weighted by atomic mass is 79.9. The van der Waals surface area contributed by atoms with Crippen molar-refractivity contribution >= 4 is 28.1 Å². The maximum atomic E-state index is 5.60. The molecule has 2 atom stereocenters. The van der Waals surface area contributed by atoms with Gasteiger partial charge < -0.3 is 10.1 Å². The molecule has 1 aliphatic heterocycles. The lowest BCUT2D eigenvalue weighted by atomic mass is 10.2. The van der Waals surface area contributed by atoms with Crippen LogP contribution in [0.25, 0.3) is 0 Å². The Labute approximate surface area is 118 Å². The first-order chi connectivity index (χ1) is 8.37. The molecule has 0 aliphatic carbocycles. The van der Waals surface area contributed by atoms with Crippen molar-refractivity contribution < 1.29 is 4.74 Å². The molecule has 2 N–H and O–H groups in total. The Kier molecular flexibility index (Phi) is 6.25. The Morgan fingerprint density at radius 3 is 2.83 bits per heavy atom. The van der Waals surface area contributed by atoms with Gasteiger partial charge in [-0.2, -0.15) is 0 Å². The molecule has 0 saturated carbocycles. The summed E-state index contributed by atoms with van der Waals surface area (Å²) in [5.74, 6) is 0.705. The van der Waals surface area contributed by atoms with Crippen molar-refractivity contribution in [1.82, 2.24) is 10.6 Å². The number of aliphatic imine (C=N–C) groups is 2. The number of nitrogens with zero attached hydrogens (tertiary/aromatic N) is 2. The van der Waals surface area contributed by atoms with Gasteiger partial charge in [0.05, 0.1) is 23.7 Å². The predicted molar refractivity (Wildman–Crippen MR) is 79.8 cm³/mol. The van der Waals surface area contributed by atoms with Gasteiger partial charge in [-0.1, -0.05) is 15.9 Å². The van der Waals surface area contributed by atoms with Crippen LogP contribution < -0.4 is 10.6 Å². The van der Waals surface area contributed by atoms with Gasteiger partial charge in [0.25, 0.3) is 0 Å². The van der Waals surface area contributed by atoms with E-state index in [4.69, 9.17) is 4.74 Å². The highest BCUT2D eigenvalue weighted by Crippen LogP contribution is 2.05. The Hall–Kier alpha value is -0.460. The number of rotatable bonds is 5. The second-order valence-electron chi connectivity index (χ2n) is 5.35. The van der Waals surface area contributed by atoms with Crippen molar-refractivity contribution in [3.8, 4) is 0 Å². The molecule has 1 aliphatic rings. The summed E-state index contributed by atoms with van der Waals surface area (Å²) < 4.78 is 5.60. The molecule has 1 heterocycles. The van der Waals surface area contributed by atoms with Crippen LogP contribution >= 0.6 is 15.9 Å². The summed E-state index contributed by atoms with van der Waals surface area (Å²) in [5.41, 5.74) is -0.108. The molecule has 0 fully saturated rings. The number of guanidine groups is 1. The van der Waals surface area contributed by atoms with Crippen LogP contribution in [-0.2, 0) is 4.74 Å². The lowest BCUT2D eigenvalue weighted by Gasteiger charge is -2.22. The van der Waals surface area contributed by atoms with Crippen molar-refractivity contribution in [3.63, 3.8) is 0 Å². The number of ether oxygens (including phenoxy) is 1. The Balaban J connectivity index is 2.14. The Bertz CT molecular complexity index is 312. The van der Waals surface area contributed by atoms with Crippen LogP contribution in [0.1, 0.15) is 27.7 Å². The van der Waals surface area contributed by atoms with Crippen LogP contribution in [-0.4, -0.2) is 48.5 Å². The van der Waals surface area contributed by atoms with Gasteiger partial charge in [-0.25, -0.2) is 9.98 Å². The van der Waals surface area contributed by atoms with Crippen molar-refractivity contribution in [3.05, 3.63) is 0 Å². The lowest BCUT2D eigenvalue weighted by Crippen LogP contribution is -2.41. The van der Waals surface area contributed by atoms with E-state index in [1.165, 1.54) is 0 Å². The van der Waals surface area contributed by atoms with Gasteiger partial charge in [0.2, 0.25) is 5.96 Å². The summed E-state index contributed by atoms with van der Waals surface area (Å²) in [5, 5.41) is 6.49. The molecule has 0 aromatic rings. The summed E-state index contributed by atoms with van der Waals surface area (Å²) in [4.78, 5) is 8.78. The van der Waals surface area contributed by atoms with Crippen molar-refractivity contribution in [2.24, 2.45) is 9.98 Å². The second kappa shape index (κ2) is 7.21. The third kappa shape index (κ3) is 7.08. The van der Waals surface area contributed by atoms with Crippen LogP contribution in [0, 0.1) is 0 Å². The first-order valence-electron chi connectivity index (χ1n) is 6.21. The van der Waals surface area contributed by atoms with E-state index in [-0.39, 0.29) is 10.4 Å². The Morgan fingerprint density at radius 2 is 2.28 bits per heavy atom. The minimum absolute atomic E-state index is 0.108. The quantitative estimate of drug-likeness (QED) is 0.597. The van der Waals surface area contributed by atoms with E-state index in [0.29, 0.717) is 18.7 Å². The summed E-state index contributed by atoms with van der Waals surface area (Å²) in [6.07, 6.45) is 1.86. The molecule has 18 heavy (non-hydrogen) atoms. The molecule has 0 saturated heterocycles. The number of alkyl halides is 1. The van der Waals surface area contributed by atoms with E-state index in [0.717, 1.165) is 13.1 Å². The molecule has 0 amide bonds. The standard InChI is InChI=1S/C12H23BrN4O/c1-9(17-8-18-12(2,3)4)5-14-11-15-6-10(13)7-16-11/h6,9-10,17H,5,7-8H2,1-4H3,(H,14,16). The summed E-state index contributed by atoms with van der Waals surface area (Å²) >= 11 is 3.44. The van der Waals surface area contributed by atoms with E-state index in [2.05, 4.69) is 43.5 Å². The van der Waals surface area contributed by atoms with Gasteiger partial charge in [-0.15, -0.1) is 0 Å². The summed E-state index contributed by atoms with van der Waals surface area (Å²) in [6, 6.07) is 0.298. The van der Waals surface area contributed by atoms with E-state index in [1.807, 2.05) is 27.0 Å². The molecule has 0 spiro atoms. The maximum absolute atomic E-state index is 5.60. The number of halogens is 1. The topological polar surface area (TPSA) is 58.0 Å². The molecule has 2 unspecified atom stereocenters. The molecule has 5 nitrogen and oxygen atoms in total. The zero-order chi connectivity index (χ0) is 13.6. The molecule has 6 heteroatoms. The van der Waals surface area contributed by atoms with E-state index in [1.54, 1.807) is 0 Å². The van der Waals surface area contributed by atoms with Gasteiger partial charge in [0.15, 0.2) is 0 Å². The highest BCUT2D eigenvalue weighted by molar-refractivity contribution is 9.10. The first kappa shape index (κ1) is 15.6. The van der Waals surface area contributed by atoms with Crippen molar-refractivity contribution in [2.75, 3.05) is 19.8 Å². The van der Waals surface area contributed by atoms with E-state index >= 15 is 0 Å². The monoisotopic (exact) mass is 318 g/mol. The number of hydrogen-bond acceptors (Lipinski definition) is 5. The molecular formula is C12H23BrN4O. The highest BCUT2D eigenvalue weighted by Gasteiger charge is 2.11. The summed E-state index contributed by atoms with van der Waals surface area (Å²) in [6.45, 7) is 10.3. The third-order valence-electron chi connectivity index (χ3n) is 2.28. The molecule has 104 valence electrons. The van der Waals surface area contributed by atoms with Crippen LogP contribution in [0.4, 0.5) is 0 Å². The van der Waals surface area contributed by atoms with Crippen LogP contribution in [0.5, 0.6) is 0 Å². The first-order valence-corrected chi connectivity index (χ1v) is 7.12. The average molecular weight is 319 g/mol. The molecule has 0 bridgehead atoms. The number of nitrogens with one attached hydrogen (secondary N) is 2. The van der Waals surface area contributed by atoms with Crippen LogP contribution in [0.2, 0.25) is 0 Å². The molecular weight excluding hydrogens is 296 g/mol. The smallest absolute Gasteiger partial charge is 0.217 e. The maximum Gasteiger partial charge on any atom is 0.217 e. The van der Waals surface area contributed by atoms with Crippen LogP contribution in [0.15, 0.2) is 9.98 Å². The zero-order valence-electron chi connectivity index (χ0n) is 11.5. The molecule has 0 aromatic carbocycles. The minimum atomic E-state index is -0.108. The largest absolute Gasteiger partial charge is 0.361 e. The van der Waals surface area contributed by atoms with Gasteiger partial charge in [-0.05, 0) is 27.7 Å². The van der Waals surface area contributed by atoms with Gasteiger partial charge in [-0.3, -0.25) is 5.32 Å². The SMILES string of the molecule is CC(CNC1=NCC(Br)C=N1)NCOC(C)(C)C.